The van der Waals surface area contributed by atoms with Crippen molar-refractivity contribution in [2.45, 2.75) is 25.7 Å². The van der Waals surface area contributed by atoms with Gasteiger partial charge in [0.05, 0.1) is 11.0 Å². The average Bonchev–Trinajstić information content (AvgIpc) is 3.49. The highest BCUT2D eigenvalue weighted by Crippen LogP contribution is 2.55. The minimum Gasteiger partial charge on any atom is -0.342 e. The molecule has 29 heavy (non-hydrogen) atoms. The van der Waals surface area contributed by atoms with E-state index in [0.717, 1.165) is 12.0 Å². The third-order valence-corrected chi connectivity index (χ3v) is 5.99. The molecule has 0 unspecified atom stereocenters. The van der Waals surface area contributed by atoms with E-state index < -0.39 is 5.41 Å². The van der Waals surface area contributed by atoms with Crippen molar-refractivity contribution < 1.29 is 14.4 Å². The van der Waals surface area contributed by atoms with E-state index in [-0.39, 0.29) is 17.7 Å². The molecule has 0 radical (unpaired) electrons. The Kier molecular flexibility index (Phi) is 6.16. The number of likely N-dealkylation sites (N-methyl/N-ethyl adjacent to an activating group) is 1. The molecular formula is C24H28N2O3. The lowest BCUT2D eigenvalue weighted by atomic mass is 9.91. The maximum atomic E-state index is 13.4. The molecule has 0 heterocycles. The maximum absolute atomic E-state index is 13.4. The van der Waals surface area contributed by atoms with Crippen molar-refractivity contribution in [2.75, 3.05) is 26.7 Å². The van der Waals surface area contributed by atoms with Crippen molar-refractivity contribution in [3.63, 3.8) is 0 Å². The van der Waals surface area contributed by atoms with E-state index in [0.29, 0.717) is 37.0 Å². The summed E-state index contributed by atoms with van der Waals surface area (Å²) in [5.41, 5.74) is 1.21. The summed E-state index contributed by atoms with van der Waals surface area (Å²) in [5, 5.41) is 0. The third-order valence-electron chi connectivity index (χ3n) is 5.99. The summed E-state index contributed by atoms with van der Waals surface area (Å²) in [4.78, 5) is 41.1. The van der Waals surface area contributed by atoms with Crippen molar-refractivity contribution in [3.05, 3.63) is 71.3 Å². The Balaban J connectivity index is 1.84. The molecule has 1 aliphatic carbocycles. The number of hydrogen-bond acceptors (Lipinski definition) is 3. The first-order valence-electron chi connectivity index (χ1n) is 10.1. The monoisotopic (exact) mass is 392 g/mol. The Morgan fingerprint density at radius 1 is 1.03 bits per heavy atom. The molecule has 1 aliphatic rings. The van der Waals surface area contributed by atoms with Gasteiger partial charge < -0.3 is 9.80 Å². The molecule has 5 nitrogen and oxygen atoms in total. The lowest BCUT2D eigenvalue weighted by molar-refractivity contribution is -0.134. The number of carbonyl (C=O) groups is 3. The van der Waals surface area contributed by atoms with E-state index in [1.807, 2.05) is 49.1 Å². The minimum atomic E-state index is -0.577. The van der Waals surface area contributed by atoms with Gasteiger partial charge in [-0.05, 0) is 37.8 Å². The van der Waals surface area contributed by atoms with Crippen LogP contribution in [-0.2, 0) is 10.2 Å². The summed E-state index contributed by atoms with van der Waals surface area (Å²) in [6, 6.07) is 16.7. The Hall–Kier alpha value is -2.95. The zero-order chi connectivity index (χ0) is 21.0. The second kappa shape index (κ2) is 8.60. The molecule has 152 valence electrons. The van der Waals surface area contributed by atoms with Crippen LogP contribution in [0.25, 0.3) is 0 Å². The predicted octanol–water partition coefficient (Wildman–Crippen LogP) is 3.40. The van der Waals surface area contributed by atoms with E-state index in [9.17, 15) is 14.4 Å². The van der Waals surface area contributed by atoms with Crippen LogP contribution in [0.3, 0.4) is 0 Å². The fraction of sp³-hybridized carbons (Fsp3) is 0.375. The first-order chi connectivity index (χ1) is 14.0. The highest BCUT2D eigenvalue weighted by Gasteiger charge is 2.62. The van der Waals surface area contributed by atoms with E-state index >= 15 is 0 Å². The number of carbonyl (C=O) groups excluding carboxylic acids is 3. The molecule has 1 fully saturated rings. The molecule has 0 bridgehead atoms. The Bertz CT molecular complexity index is 892. The van der Waals surface area contributed by atoms with Gasteiger partial charge in [-0.25, -0.2) is 0 Å². The van der Waals surface area contributed by atoms with Crippen molar-refractivity contribution in [2.24, 2.45) is 5.92 Å². The van der Waals surface area contributed by atoms with Gasteiger partial charge in [0.1, 0.15) is 0 Å². The van der Waals surface area contributed by atoms with E-state index in [1.165, 1.54) is 0 Å². The maximum Gasteiger partial charge on any atom is 0.254 e. The van der Waals surface area contributed by atoms with Crippen LogP contribution in [0.15, 0.2) is 54.6 Å². The fourth-order valence-electron chi connectivity index (χ4n) is 4.23. The minimum absolute atomic E-state index is 0.0512. The molecule has 0 aromatic heterocycles. The number of benzene rings is 2. The van der Waals surface area contributed by atoms with Gasteiger partial charge in [-0.2, -0.15) is 0 Å². The number of amides is 2. The van der Waals surface area contributed by atoms with Gasteiger partial charge in [0.25, 0.3) is 5.91 Å². The smallest absolute Gasteiger partial charge is 0.254 e. The lowest BCUT2D eigenvalue weighted by Crippen LogP contribution is -2.41. The average molecular weight is 392 g/mol. The largest absolute Gasteiger partial charge is 0.342 e. The van der Waals surface area contributed by atoms with Gasteiger partial charge in [0, 0.05) is 32.2 Å². The van der Waals surface area contributed by atoms with E-state index in [1.54, 1.807) is 36.2 Å². The number of hydrogen-bond donors (Lipinski definition) is 0. The highest BCUT2D eigenvalue weighted by molar-refractivity contribution is 6.01. The molecule has 1 saturated carbocycles. The van der Waals surface area contributed by atoms with Gasteiger partial charge >= 0.3 is 0 Å². The number of rotatable bonds is 8. The molecule has 0 N–H and O–H groups in total. The summed E-state index contributed by atoms with van der Waals surface area (Å²) in [6.45, 7) is 5.77. The summed E-state index contributed by atoms with van der Waals surface area (Å²) in [5.74, 6) is -0.0139. The van der Waals surface area contributed by atoms with E-state index in [2.05, 4.69) is 0 Å². The van der Waals surface area contributed by atoms with Gasteiger partial charge in [-0.15, -0.1) is 0 Å². The zero-order valence-corrected chi connectivity index (χ0v) is 17.3. The second-order valence-corrected chi connectivity index (χ2v) is 7.61. The zero-order valence-electron chi connectivity index (χ0n) is 17.3. The lowest BCUT2D eigenvalue weighted by Gasteiger charge is -2.27. The Morgan fingerprint density at radius 2 is 1.66 bits per heavy atom. The Morgan fingerprint density at radius 3 is 2.28 bits per heavy atom. The van der Waals surface area contributed by atoms with Gasteiger partial charge in [-0.3, -0.25) is 14.4 Å². The molecule has 3 rings (SSSR count). The molecule has 2 aromatic rings. The molecule has 2 atom stereocenters. The molecule has 2 amide bonds. The molecular weight excluding hydrogens is 364 g/mol. The van der Waals surface area contributed by atoms with Crippen LogP contribution in [0.1, 0.15) is 46.5 Å². The summed E-state index contributed by atoms with van der Waals surface area (Å²) >= 11 is 0. The van der Waals surface area contributed by atoms with Crippen LogP contribution in [-0.4, -0.2) is 54.6 Å². The third kappa shape index (κ3) is 3.82. The highest BCUT2D eigenvalue weighted by atomic mass is 16.2. The quantitative estimate of drug-likeness (QED) is 0.647. The van der Waals surface area contributed by atoms with Crippen molar-refractivity contribution in [1.29, 1.82) is 0 Å². The second-order valence-electron chi connectivity index (χ2n) is 7.61. The Labute approximate surface area is 172 Å². The van der Waals surface area contributed by atoms with Crippen LogP contribution >= 0.6 is 0 Å². The predicted molar refractivity (Wildman–Crippen MR) is 113 cm³/mol. The summed E-state index contributed by atoms with van der Waals surface area (Å²) in [7, 11) is 1.74. The van der Waals surface area contributed by atoms with Gasteiger partial charge in [-0.1, -0.05) is 48.5 Å². The topological polar surface area (TPSA) is 57.7 Å². The molecule has 5 heteroatoms. The molecule has 0 spiro atoms. The van der Waals surface area contributed by atoms with Crippen LogP contribution in [0, 0.1) is 5.92 Å². The number of aldehydes is 1. The molecule has 0 aliphatic heterocycles. The van der Waals surface area contributed by atoms with Crippen LogP contribution < -0.4 is 0 Å². The normalized spacial score (nSPS) is 20.0. The molecule has 0 saturated heterocycles. The first kappa shape index (κ1) is 20.8. The van der Waals surface area contributed by atoms with Crippen molar-refractivity contribution in [3.8, 4) is 0 Å². The summed E-state index contributed by atoms with van der Waals surface area (Å²) in [6.07, 6.45) is 1.43. The van der Waals surface area contributed by atoms with Crippen LogP contribution in [0.2, 0.25) is 0 Å². The standard InChI is InChI=1S/C24H28N2O3/c1-4-26(5-2)23(29)24(19-12-7-6-8-13-19)15-20(24)16-25(3)22(28)21-14-10-9-11-18(21)17-27/h6-14,17,20H,4-5,15-16H2,1-3H3/t20-,24+/m0/s1. The van der Waals surface area contributed by atoms with Gasteiger partial charge in [0.2, 0.25) is 5.91 Å². The van der Waals surface area contributed by atoms with E-state index in [4.69, 9.17) is 0 Å². The molecule has 2 aromatic carbocycles. The first-order valence-corrected chi connectivity index (χ1v) is 10.1. The number of nitrogens with zero attached hydrogens (tertiary/aromatic N) is 2. The van der Waals surface area contributed by atoms with Gasteiger partial charge in [0.15, 0.2) is 6.29 Å². The SMILES string of the molecule is CCN(CC)C(=O)[C@@]1(c2ccccc2)C[C@H]1CN(C)C(=O)c1ccccc1C=O. The van der Waals surface area contributed by atoms with Crippen molar-refractivity contribution in [1.82, 2.24) is 9.80 Å². The summed E-state index contributed by atoms with van der Waals surface area (Å²) < 4.78 is 0. The fourth-order valence-corrected chi connectivity index (χ4v) is 4.23. The van der Waals surface area contributed by atoms with Crippen LogP contribution in [0.4, 0.5) is 0 Å². The van der Waals surface area contributed by atoms with Crippen LogP contribution in [0.5, 0.6) is 0 Å². The van der Waals surface area contributed by atoms with Crippen molar-refractivity contribution >= 4 is 18.1 Å².